The van der Waals surface area contributed by atoms with E-state index in [0.29, 0.717) is 22.9 Å². The van der Waals surface area contributed by atoms with E-state index in [1.807, 2.05) is 11.4 Å². The number of anilines is 1. The predicted octanol–water partition coefficient (Wildman–Crippen LogP) is 3.25. The van der Waals surface area contributed by atoms with E-state index >= 15 is 0 Å². The molecule has 142 valence electrons. The van der Waals surface area contributed by atoms with Crippen LogP contribution in [0, 0.1) is 19.7 Å². The lowest BCUT2D eigenvalue weighted by molar-refractivity contribution is 0.281. The van der Waals surface area contributed by atoms with E-state index in [1.165, 1.54) is 12.4 Å². The van der Waals surface area contributed by atoms with Gasteiger partial charge in [-0.15, -0.1) is 0 Å². The van der Waals surface area contributed by atoms with Gasteiger partial charge in [-0.05, 0) is 32.4 Å². The quantitative estimate of drug-likeness (QED) is 0.689. The fraction of sp³-hybridized carbons (Fsp3) is 0.421. The molecule has 1 aromatic carbocycles. The van der Waals surface area contributed by atoms with Gasteiger partial charge in [-0.1, -0.05) is 17.7 Å². The van der Waals surface area contributed by atoms with Gasteiger partial charge in [0.05, 0.1) is 0 Å². The summed E-state index contributed by atoms with van der Waals surface area (Å²) in [6, 6.07) is 4.85. The Kier molecular flexibility index (Phi) is 4.97. The molecule has 1 fully saturated rings. The van der Waals surface area contributed by atoms with Crippen molar-refractivity contribution in [2.45, 2.75) is 26.8 Å². The van der Waals surface area contributed by atoms with Gasteiger partial charge >= 0.3 is 0 Å². The minimum atomic E-state index is -0.242. The smallest absolute Gasteiger partial charge is 0.254 e. The molecule has 0 unspecified atom stereocenters. The summed E-state index contributed by atoms with van der Waals surface area (Å²) in [5.41, 5.74) is 2.64. The van der Waals surface area contributed by atoms with Crippen molar-refractivity contribution in [2.24, 2.45) is 0 Å². The largest absolute Gasteiger partial charge is 0.355 e. The fourth-order valence-electron chi connectivity index (χ4n) is 3.63. The van der Waals surface area contributed by atoms with Gasteiger partial charge in [0.15, 0.2) is 0 Å². The number of aromatic nitrogens is 4. The molecule has 0 spiro atoms. The zero-order chi connectivity index (χ0) is 19.0. The molecule has 2 aromatic heterocycles. The Labute approximate surface area is 162 Å². The maximum Gasteiger partial charge on any atom is 0.254 e. The molecular weight excluding hydrogens is 367 g/mol. The number of nitrogens with zero attached hydrogens (tertiary/aromatic N) is 6. The van der Waals surface area contributed by atoms with Gasteiger partial charge in [-0.2, -0.15) is 14.6 Å². The molecule has 1 saturated heterocycles. The molecule has 0 bridgehead atoms. The van der Waals surface area contributed by atoms with Crippen molar-refractivity contribution in [3.8, 4) is 0 Å². The van der Waals surface area contributed by atoms with Crippen LogP contribution < -0.4 is 4.90 Å². The van der Waals surface area contributed by atoms with Crippen molar-refractivity contribution in [2.75, 3.05) is 31.1 Å². The third-order valence-electron chi connectivity index (χ3n) is 5.21. The standard InChI is InChI=1S/C19H22ClFN6/c1-13-14(2)24-19-22-12-23-27(19)18(13)26-8-4-7-25(9-10-26)11-15-16(20)5-3-6-17(15)21/h3,5-6,12H,4,7-11H2,1-2H3. The first-order valence-electron chi connectivity index (χ1n) is 9.11. The van der Waals surface area contributed by atoms with Gasteiger partial charge in [0, 0.05) is 54.6 Å². The molecule has 3 heterocycles. The van der Waals surface area contributed by atoms with Crippen LogP contribution in [0.5, 0.6) is 0 Å². The highest BCUT2D eigenvalue weighted by Gasteiger charge is 2.22. The van der Waals surface area contributed by atoms with E-state index in [2.05, 4.69) is 31.8 Å². The third kappa shape index (κ3) is 3.49. The van der Waals surface area contributed by atoms with Crippen LogP contribution in [0.25, 0.3) is 5.78 Å². The van der Waals surface area contributed by atoms with E-state index in [1.54, 1.807) is 12.1 Å². The van der Waals surface area contributed by atoms with E-state index in [9.17, 15) is 4.39 Å². The first-order chi connectivity index (χ1) is 13.0. The van der Waals surface area contributed by atoms with E-state index < -0.39 is 0 Å². The van der Waals surface area contributed by atoms with Gasteiger partial charge < -0.3 is 4.90 Å². The van der Waals surface area contributed by atoms with Crippen molar-refractivity contribution in [1.29, 1.82) is 0 Å². The topological polar surface area (TPSA) is 49.6 Å². The van der Waals surface area contributed by atoms with Crippen LogP contribution in [0.15, 0.2) is 24.5 Å². The van der Waals surface area contributed by atoms with E-state index in [-0.39, 0.29) is 5.82 Å². The Morgan fingerprint density at radius 3 is 2.81 bits per heavy atom. The van der Waals surface area contributed by atoms with Crippen molar-refractivity contribution < 1.29 is 4.39 Å². The highest BCUT2D eigenvalue weighted by molar-refractivity contribution is 6.31. The lowest BCUT2D eigenvalue weighted by Crippen LogP contribution is -2.32. The van der Waals surface area contributed by atoms with Crippen LogP contribution >= 0.6 is 11.6 Å². The number of halogens is 2. The molecule has 0 aliphatic carbocycles. The van der Waals surface area contributed by atoms with Gasteiger partial charge in [0.1, 0.15) is 18.0 Å². The van der Waals surface area contributed by atoms with Gasteiger partial charge in [0.2, 0.25) is 0 Å². The Hall–Kier alpha value is -2.25. The highest BCUT2D eigenvalue weighted by Crippen LogP contribution is 2.25. The summed E-state index contributed by atoms with van der Waals surface area (Å²) in [5, 5.41) is 4.84. The summed E-state index contributed by atoms with van der Waals surface area (Å²) in [7, 11) is 0. The molecule has 1 aliphatic rings. The average Bonchev–Trinajstić information content (AvgIpc) is 2.97. The lowest BCUT2D eigenvalue weighted by Gasteiger charge is -2.26. The summed E-state index contributed by atoms with van der Waals surface area (Å²) < 4.78 is 15.9. The first kappa shape index (κ1) is 18.1. The average molecular weight is 389 g/mol. The third-order valence-corrected chi connectivity index (χ3v) is 5.56. The minimum Gasteiger partial charge on any atom is -0.355 e. The van der Waals surface area contributed by atoms with Crippen molar-refractivity contribution in [1.82, 2.24) is 24.5 Å². The van der Waals surface area contributed by atoms with Crippen molar-refractivity contribution in [3.05, 3.63) is 52.2 Å². The summed E-state index contributed by atoms with van der Waals surface area (Å²) >= 11 is 6.20. The normalized spacial score (nSPS) is 16.1. The molecule has 0 N–H and O–H groups in total. The first-order valence-corrected chi connectivity index (χ1v) is 9.49. The number of hydrogen-bond donors (Lipinski definition) is 0. The monoisotopic (exact) mass is 388 g/mol. The summed E-state index contributed by atoms with van der Waals surface area (Å²) in [4.78, 5) is 13.3. The summed E-state index contributed by atoms with van der Waals surface area (Å²) in [6.45, 7) is 8.03. The minimum absolute atomic E-state index is 0.242. The van der Waals surface area contributed by atoms with Crippen LogP contribution in [-0.2, 0) is 6.54 Å². The molecule has 0 atom stereocenters. The molecular formula is C19H22ClFN6. The second kappa shape index (κ2) is 7.40. The van der Waals surface area contributed by atoms with Crippen molar-refractivity contribution in [3.63, 3.8) is 0 Å². The maximum absolute atomic E-state index is 14.1. The number of fused-ring (bicyclic) bond motifs is 1. The molecule has 4 rings (SSSR count). The molecule has 0 saturated carbocycles. The Bertz CT molecular complexity index is 952. The Morgan fingerprint density at radius 1 is 1.15 bits per heavy atom. The van der Waals surface area contributed by atoms with Gasteiger partial charge in [0.25, 0.3) is 5.78 Å². The molecule has 27 heavy (non-hydrogen) atoms. The number of aryl methyl sites for hydroxylation is 1. The number of rotatable bonds is 3. The Morgan fingerprint density at radius 2 is 2.00 bits per heavy atom. The Balaban J connectivity index is 1.56. The predicted molar refractivity (Wildman–Crippen MR) is 104 cm³/mol. The highest BCUT2D eigenvalue weighted by atomic mass is 35.5. The van der Waals surface area contributed by atoms with Crippen LogP contribution in [0.1, 0.15) is 23.2 Å². The molecule has 8 heteroatoms. The van der Waals surface area contributed by atoms with Crippen LogP contribution in [0.2, 0.25) is 5.02 Å². The van der Waals surface area contributed by atoms with Crippen molar-refractivity contribution >= 4 is 23.2 Å². The van der Waals surface area contributed by atoms with Gasteiger partial charge in [-0.3, -0.25) is 4.90 Å². The molecule has 0 amide bonds. The second-order valence-electron chi connectivity index (χ2n) is 6.93. The van der Waals surface area contributed by atoms with E-state index in [4.69, 9.17) is 11.6 Å². The molecule has 6 nitrogen and oxygen atoms in total. The second-order valence-corrected chi connectivity index (χ2v) is 7.34. The SMILES string of the molecule is Cc1nc2ncnn2c(N2CCCN(Cc3c(F)cccc3Cl)CC2)c1C. The van der Waals surface area contributed by atoms with E-state index in [0.717, 1.165) is 49.7 Å². The van der Waals surface area contributed by atoms with Gasteiger partial charge in [-0.25, -0.2) is 9.37 Å². The molecule has 3 aromatic rings. The fourth-order valence-corrected chi connectivity index (χ4v) is 3.86. The van der Waals surface area contributed by atoms with Crippen LogP contribution in [0.3, 0.4) is 0 Å². The zero-order valence-electron chi connectivity index (χ0n) is 15.5. The molecule has 0 radical (unpaired) electrons. The number of hydrogen-bond acceptors (Lipinski definition) is 5. The maximum atomic E-state index is 14.1. The van der Waals surface area contributed by atoms with Crippen LogP contribution in [0.4, 0.5) is 10.2 Å². The van der Waals surface area contributed by atoms with Crippen LogP contribution in [-0.4, -0.2) is 50.7 Å². The number of benzene rings is 1. The lowest BCUT2D eigenvalue weighted by atomic mass is 10.2. The zero-order valence-corrected chi connectivity index (χ0v) is 16.2. The summed E-state index contributed by atoms with van der Waals surface area (Å²) in [6.07, 6.45) is 2.51. The molecule has 1 aliphatic heterocycles. The summed E-state index contributed by atoms with van der Waals surface area (Å²) in [5.74, 6) is 1.42.